The molecule has 25 heavy (non-hydrogen) atoms. The van der Waals surface area contributed by atoms with E-state index in [9.17, 15) is 4.79 Å². The van der Waals surface area contributed by atoms with Gasteiger partial charge < -0.3 is 9.32 Å². The summed E-state index contributed by atoms with van der Waals surface area (Å²) in [6.45, 7) is 2.48. The van der Waals surface area contributed by atoms with Crippen LogP contribution in [0.2, 0.25) is 5.02 Å². The Morgan fingerprint density at radius 1 is 1.24 bits per heavy atom. The number of rotatable bonds is 3. The molecule has 4 rings (SSSR count). The van der Waals surface area contributed by atoms with Gasteiger partial charge in [0.25, 0.3) is 5.91 Å². The van der Waals surface area contributed by atoms with Gasteiger partial charge >= 0.3 is 0 Å². The zero-order valence-corrected chi connectivity index (χ0v) is 14.4. The van der Waals surface area contributed by atoms with Crippen molar-refractivity contribution >= 4 is 17.5 Å². The number of aryl methyl sites for hydroxylation is 1. The van der Waals surface area contributed by atoms with Gasteiger partial charge in [-0.1, -0.05) is 34.0 Å². The fourth-order valence-corrected chi connectivity index (χ4v) is 3.46. The first-order valence-electron chi connectivity index (χ1n) is 8.10. The van der Waals surface area contributed by atoms with Crippen molar-refractivity contribution in [3.05, 3.63) is 58.6 Å². The molecule has 0 bridgehead atoms. The molecule has 3 heterocycles. The predicted octanol–water partition coefficient (Wildman–Crippen LogP) is 4.27. The molecule has 1 aromatic carbocycles. The minimum atomic E-state index is -0.164. The molecule has 1 unspecified atom stereocenters. The molecule has 1 aliphatic heterocycles. The van der Waals surface area contributed by atoms with Gasteiger partial charge in [0, 0.05) is 12.1 Å². The Kier molecular flexibility index (Phi) is 4.05. The zero-order chi connectivity index (χ0) is 17.4. The number of furan rings is 1. The van der Waals surface area contributed by atoms with E-state index < -0.39 is 0 Å². The van der Waals surface area contributed by atoms with Crippen LogP contribution in [0.3, 0.4) is 0 Å². The molecule has 1 aliphatic rings. The van der Waals surface area contributed by atoms with Gasteiger partial charge in [0.15, 0.2) is 5.76 Å². The van der Waals surface area contributed by atoms with Gasteiger partial charge in [-0.25, -0.2) is 4.63 Å². The number of amides is 1. The van der Waals surface area contributed by atoms with Gasteiger partial charge in [-0.15, -0.1) is 0 Å². The second-order valence-electron chi connectivity index (χ2n) is 6.04. The van der Waals surface area contributed by atoms with E-state index >= 15 is 0 Å². The fourth-order valence-electron chi connectivity index (χ4n) is 3.23. The lowest BCUT2D eigenvalue weighted by Crippen LogP contribution is -2.30. The number of hydrogen-bond acceptors (Lipinski definition) is 5. The van der Waals surface area contributed by atoms with Crippen molar-refractivity contribution < 1.29 is 13.8 Å². The van der Waals surface area contributed by atoms with Crippen molar-refractivity contribution in [2.45, 2.75) is 25.8 Å². The molecule has 1 saturated heterocycles. The van der Waals surface area contributed by atoms with E-state index in [0.717, 1.165) is 18.4 Å². The lowest BCUT2D eigenvalue weighted by atomic mass is 10.1. The third-order valence-electron chi connectivity index (χ3n) is 4.47. The van der Waals surface area contributed by atoms with Crippen LogP contribution >= 0.6 is 11.6 Å². The normalized spacial score (nSPS) is 17.2. The second kappa shape index (κ2) is 6.37. The minimum absolute atomic E-state index is 0.132. The van der Waals surface area contributed by atoms with Gasteiger partial charge in [0.2, 0.25) is 0 Å². The van der Waals surface area contributed by atoms with Gasteiger partial charge in [0.05, 0.1) is 11.1 Å². The molecule has 1 amide bonds. The highest BCUT2D eigenvalue weighted by Crippen LogP contribution is 2.35. The number of carbonyl (C=O) groups is 1. The van der Waals surface area contributed by atoms with E-state index in [0.29, 0.717) is 28.7 Å². The maximum Gasteiger partial charge on any atom is 0.290 e. The number of aromatic nitrogens is 2. The standard InChI is InChI=1S/C18H16ClN3O3/c1-11-17(21-25-20-11)14-7-4-10-22(14)18(23)16-9-8-15(24-16)12-5-2-3-6-13(12)19/h2-3,5-6,8-9,14H,4,7,10H2,1H3. The van der Waals surface area contributed by atoms with Crippen LogP contribution in [0.1, 0.15) is 40.8 Å². The van der Waals surface area contributed by atoms with Crippen LogP contribution in [0, 0.1) is 6.92 Å². The van der Waals surface area contributed by atoms with Gasteiger partial charge in [-0.2, -0.15) is 0 Å². The molecule has 0 spiro atoms. The predicted molar refractivity (Wildman–Crippen MR) is 91.2 cm³/mol. The topological polar surface area (TPSA) is 72.4 Å². The monoisotopic (exact) mass is 357 g/mol. The van der Waals surface area contributed by atoms with Crippen molar-refractivity contribution in [1.29, 1.82) is 0 Å². The highest BCUT2D eigenvalue weighted by molar-refractivity contribution is 6.33. The number of likely N-dealkylation sites (tertiary alicyclic amines) is 1. The van der Waals surface area contributed by atoms with Crippen molar-refractivity contribution in [3.8, 4) is 11.3 Å². The highest BCUT2D eigenvalue weighted by Gasteiger charge is 2.35. The third-order valence-corrected chi connectivity index (χ3v) is 4.80. The Morgan fingerprint density at radius 3 is 2.84 bits per heavy atom. The summed E-state index contributed by atoms with van der Waals surface area (Å²) < 4.78 is 10.6. The largest absolute Gasteiger partial charge is 0.451 e. The zero-order valence-electron chi connectivity index (χ0n) is 13.6. The summed E-state index contributed by atoms with van der Waals surface area (Å²) >= 11 is 6.20. The smallest absolute Gasteiger partial charge is 0.290 e. The Bertz CT molecular complexity index is 918. The van der Waals surface area contributed by atoms with Crippen LogP contribution in [-0.2, 0) is 0 Å². The summed E-state index contributed by atoms with van der Waals surface area (Å²) in [6.07, 6.45) is 1.74. The van der Waals surface area contributed by atoms with Crippen molar-refractivity contribution in [2.24, 2.45) is 0 Å². The number of carbonyl (C=O) groups excluding carboxylic acids is 1. The SMILES string of the molecule is Cc1nonc1C1CCCN1C(=O)c1ccc(-c2ccccc2Cl)o1. The van der Waals surface area contributed by atoms with Gasteiger partial charge in [-0.3, -0.25) is 4.79 Å². The molecule has 0 radical (unpaired) electrons. The number of halogens is 1. The summed E-state index contributed by atoms with van der Waals surface area (Å²) in [5.74, 6) is 0.697. The first-order valence-corrected chi connectivity index (χ1v) is 8.47. The van der Waals surface area contributed by atoms with E-state index in [1.54, 1.807) is 23.1 Å². The summed E-state index contributed by atoms with van der Waals surface area (Å²) in [5.41, 5.74) is 2.18. The summed E-state index contributed by atoms with van der Waals surface area (Å²) in [5, 5.41) is 8.36. The lowest BCUT2D eigenvalue weighted by Gasteiger charge is -2.22. The Balaban J connectivity index is 1.61. The van der Waals surface area contributed by atoms with E-state index in [-0.39, 0.29) is 17.7 Å². The van der Waals surface area contributed by atoms with Crippen molar-refractivity contribution in [1.82, 2.24) is 15.2 Å². The quantitative estimate of drug-likeness (QED) is 0.700. The van der Waals surface area contributed by atoms with Crippen LogP contribution in [-0.4, -0.2) is 27.7 Å². The summed E-state index contributed by atoms with van der Waals surface area (Å²) in [7, 11) is 0. The first kappa shape index (κ1) is 15.9. The molecule has 7 heteroatoms. The Labute approximate surface area is 149 Å². The molecule has 3 aromatic rings. The lowest BCUT2D eigenvalue weighted by molar-refractivity contribution is 0.0699. The maximum atomic E-state index is 12.9. The number of nitrogens with zero attached hydrogens (tertiary/aromatic N) is 3. The fraction of sp³-hybridized carbons (Fsp3) is 0.278. The van der Waals surface area contributed by atoms with E-state index in [1.807, 2.05) is 25.1 Å². The van der Waals surface area contributed by atoms with E-state index in [1.165, 1.54) is 0 Å². The summed E-state index contributed by atoms with van der Waals surface area (Å²) in [6, 6.07) is 10.7. The molecule has 0 aliphatic carbocycles. The molecule has 2 aromatic heterocycles. The van der Waals surface area contributed by atoms with Crippen LogP contribution < -0.4 is 0 Å². The van der Waals surface area contributed by atoms with Crippen LogP contribution in [0.25, 0.3) is 11.3 Å². The number of benzene rings is 1. The molecule has 6 nitrogen and oxygen atoms in total. The average Bonchev–Trinajstić information content (AvgIpc) is 3.34. The molecule has 0 N–H and O–H groups in total. The third kappa shape index (κ3) is 2.82. The molecular formula is C18H16ClN3O3. The molecular weight excluding hydrogens is 342 g/mol. The Hall–Kier alpha value is -2.60. The highest BCUT2D eigenvalue weighted by atomic mass is 35.5. The van der Waals surface area contributed by atoms with E-state index in [4.69, 9.17) is 20.6 Å². The van der Waals surface area contributed by atoms with Crippen LogP contribution in [0.15, 0.2) is 45.4 Å². The number of hydrogen-bond donors (Lipinski definition) is 0. The second-order valence-corrected chi connectivity index (χ2v) is 6.44. The molecule has 0 saturated carbocycles. The Morgan fingerprint density at radius 2 is 2.08 bits per heavy atom. The van der Waals surface area contributed by atoms with Crippen LogP contribution in [0.5, 0.6) is 0 Å². The van der Waals surface area contributed by atoms with Crippen molar-refractivity contribution in [3.63, 3.8) is 0 Å². The van der Waals surface area contributed by atoms with Gasteiger partial charge in [0.1, 0.15) is 17.1 Å². The summed E-state index contributed by atoms with van der Waals surface area (Å²) in [4.78, 5) is 14.7. The molecule has 1 atom stereocenters. The maximum absolute atomic E-state index is 12.9. The minimum Gasteiger partial charge on any atom is -0.451 e. The average molecular weight is 358 g/mol. The van der Waals surface area contributed by atoms with Crippen molar-refractivity contribution in [2.75, 3.05) is 6.54 Å². The first-order chi connectivity index (χ1) is 12.1. The molecule has 1 fully saturated rings. The van der Waals surface area contributed by atoms with Crippen LogP contribution in [0.4, 0.5) is 0 Å². The van der Waals surface area contributed by atoms with Gasteiger partial charge in [-0.05, 0) is 44.0 Å². The molecule has 128 valence electrons. The van der Waals surface area contributed by atoms with E-state index in [2.05, 4.69) is 10.3 Å².